The van der Waals surface area contributed by atoms with Gasteiger partial charge < -0.3 is 9.80 Å². The first-order valence-corrected chi connectivity index (χ1v) is 11.6. The van der Waals surface area contributed by atoms with Gasteiger partial charge in [-0.25, -0.2) is 8.42 Å². The molecule has 0 radical (unpaired) electrons. The molecule has 0 N–H and O–H groups in total. The SMILES string of the molecule is O=C(CCS(=O)(=O)c1ccc(Cl)cc1)N1CCN(CC(=O)N2CCCC2)CC1. The van der Waals surface area contributed by atoms with Gasteiger partial charge in [-0.15, -0.1) is 0 Å². The summed E-state index contributed by atoms with van der Waals surface area (Å²) in [5.41, 5.74) is 0. The summed E-state index contributed by atoms with van der Waals surface area (Å²) >= 11 is 5.79. The maximum atomic E-state index is 12.4. The Morgan fingerprint density at radius 2 is 1.43 bits per heavy atom. The highest BCUT2D eigenvalue weighted by atomic mass is 35.5. The summed E-state index contributed by atoms with van der Waals surface area (Å²) in [7, 11) is -3.51. The van der Waals surface area contributed by atoms with Gasteiger partial charge in [0.2, 0.25) is 11.8 Å². The Balaban J connectivity index is 1.43. The fourth-order valence-electron chi connectivity index (χ4n) is 3.55. The van der Waals surface area contributed by atoms with Crippen molar-refractivity contribution in [2.45, 2.75) is 24.2 Å². The average Bonchev–Trinajstić information content (AvgIpc) is 3.22. The lowest BCUT2D eigenvalue weighted by molar-refractivity contribution is -0.134. The topological polar surface area (TPSA) is 78.0 Å². The monoisotopic (exact) mass is 427 g/mol. The van der Waals surface area contributed by atoms with Gasteiger partial charge in [0.25, 0.3) is 0 Å². The Morgan fingerprint density at radius 3 is 2.04 bits per heavy atom. The standard InChI is InChI=1S/C19H26ClN3O4S/c20-16-3-5-17(6-4-16)28(26,27)14-7-18(24)23-12-10-21(11-13-23)15-19(25)22-8-1-2-9-22/h3-6H,1-2,7-15H2. The van der Waals surface area contributed by atoms with Gasteiger partial charge in [0.15, 0.2) is 9.84 Å². The van der Waals surface area contributed by atoms with E-state index >= 15 is 0 Å². The molecule has 0 unspecified atom stereocenters. The number of carbonyl (C=O) groups excluding carboxylic acids is 2. The summed E-state index contributed by atoms with van der Waals surface area (Å²) in [5, 5.41) is 0.469. The van der Waals surface area contributed by atoms with Crippen LogP contribution in [0.4, 0.5) is 0 Å². The normalized spacial score (nSPS) is 18.5. The van der Waals surface area contributed by atoms with Gasteiger partial charge in [-0.2, -0.15) is 0 Å². The first kappa shape index (κ1) is 21.1. The van der Waals surface area contributed by atoms with Crippen molar-refractivity contribution < 1.29 is 18.0 Å². The first-order chi connectivity index (χ1) is 13.3. The molecule has 1 aromatic carbocycles. The predicted molar refractivity (Wildman–Crippen MR) is 107 cm³/mol. The van der Waals surface area contributed by atoms with Crippen molar-refractivity contribution in [2.75, 3.05) is 51.6 Å². The average molecular weight is 428 g/mol. The van der Waals surface area contributed by atoms with Gasteiger partial charge in [-0.1, -0.05) is 11.6 Å². The third kappa shape index (κ3) is 5.46. The lowest BCUT2D eigenvalue weighted by Crippen LogP contribution is -2.51. The zero-order chi connectivity index (χ0) is 20.1. The zero-order valence-corrected chi connectivity index (χ0v) is 17.4. The van der Waals surface area contributed by atoms with Crippen molar-refractivity contribution in [1.82, 2.24) is 14.7 Å². The van der Waals surface area contributed by atoms with Gasteiger partial charge in [-0.05, 0) is 37.1 Å². The lowest BCUT2D eigenvalue weighted by atomic mass is 10.3. The fraction of sp³-hybridized carbons (Fsp3) is 0.579. The van der Waals surface area contributed by atoms with Crippen LogP contribution in [0.5, 0.6) is 0 Å². The molecule has 2 aliphatic rings. The minimum atomic E-state index is -3.51. The quantitative estimate of drug-likeness (QED) is 0.683. The van der Waals surface area contributed by atoms with Crippen LogP contribution in [0.15, 0.2) is 29.2 Å². The second-order valence-electron chi connectivity index (χ2n) is 7.27. The molecule has 28 heavy (non-hydrogen) atoms. The number of sulfone groups is 1. The highest BCUT2D eigenvalue weighted by Gasteiger charge is 2.26. The summed E-state index contributed by atoms with van der Waals surface area (Å²) in [5.74, 6) is -0.226. The minimum absolute atomic E-state index is 0.0440. The zero-order valence-electron chi connectivity index (χ0n) is 15.8. The molecule has 2 fully saturated rings. The van der Waals surface area contributed by atoms with Crippen LogP contribution >= 0.6 is 11.6 Å². The van der Waals surface area contributed by atoms with Crippen LogP contribution in [-0.2, 0) is 19.4 Å². The van der Waals surface area contributed by atoms with Crippen molar-refractivity contribution in [2.24, 2.45) is 0 Å². The van der Waals surface area contributed by atoms with Crippen molar-refractivity contribution >= 4 is 33.3 Å². The molecule has 0 saturated carbocycles. The van der Waals surface area contributed by atoms with E-state index in [0.717, 1.165) is 25.9 Å². The van der Waals surface area contributed by atoms with Crippen LogP contribution in [0.2, 0.25) is 5.02 Å². The molecule has 1 aromatic rings. The van der Waals surface area contributed by atoms with Crippen LogP contribution in [0, 0.1) is 0 Å². The van der Waals surface area contributed by atoms with Gasteiger partial charge in [0.05, 0.1) is 17.2 Å². The summed E-state index contributed by atoms with van der Waals surface area (Å²) in [6.45, 7) is 4.40. The largest absolute Gasteiger partial charge is 0.342 e. The molecule has 2 heterocycles. The van der Waals surface area contributed by atoms with E-state index in [-0.39, 0.29) is 28.9 Å². The van der Waals surface area contributed by atoms with E-state index in [4.69, 9.17) is 11.6 Å². The number of hydrogen-bond donors (Lipinski definition) is 0. The van der Waals surface area contributed by atoms with Crippen molar-refractivity contribution in [3.63, 3.8) is 0 Å². The van der Waals surface area contributed by atoms with Crippen LogP contribution < -0.4 is 0 Å². The molecular weight excluding hydrogens is 402 g/mol. The van der Waals surface area contributed by atoms with Crippen LogP contribution in [0.3, 0.4) is 0 Å². The number of benzene rings is 1. The number of nitrogens with zero attached hydrogens (tertiary/aromatic N) is 3. The summed E-state index contributed by atoms with van der Waals surface area (Å²) < 4.78 is 24.7. The molecule has 0 bridgehead atoms. The smallest absolute Gasteiger partial charge is 0.236 e. The summed E-state index contributed by atoms with van der Waals surface area (Å²) in [6.07, 6.45) is 2.11. The van der Waals surface area contributed by atoms with E-state index < -0.39 is 9.84 Å². The second kappa shape index (κ2) is 9.24. The van der Waals surface area contributed by atoms with E-state index in [1.165, 1.54) is 24.3 Å². The number of carbonyl (C=O) groups is 2. The molecule has 154 valence electrons. The van der Waals surface area contributed by atoms with E-state index in [2.05, 4.69) is 4.90 Å². The Labute approximate surface area is 171 Å². The van der Waals surface area contributed by atoms with Crippen molar-refractivity contribution in [3.05, 3.63) is 29.3 Å². The number of amides is 2. The molecule has 7 nitrogen and oxygen atoms in total. The van der Waals surface area contributed by atoms with E-state index in [1.54, 1.807) is 4.90 Å². The number of halogens is 1. The Hall–Kier alpha value is -1.64. The third-order valence-corrected chi connectivity index (χ3v) is 7.28. The Morgan fingerprint density at radius 1 is 0.857 bits per heavy atom. The van der Waals surface area contributed by atoms with Gasteiger partial charge in [0.1, 0.15) is 0 Å². The molecule has 0 aliphatic carbocycles. The highest BCUT2D eigenvalue weighted by molar-refractivity contribution is 7.91. The molecule has 2 saturated heterocycles. The van der Waals surface area contributed by atoms with Crippen molar-refractivity contribution in [1.29, 1.82) is 0 Å². The lowest BCUT2D eigenvalue weighted by Gasteiger charge is -2.35. The number of hydrogen-bond acceptors (Lipinski definition) is 5. The first-order valence-electron chi connectivity index (χ1n) is 9.61. The maximum absolute atomic E-state index is 12.4. The van der Waals surface area contributed by atoms with E-state index in [9.17, 15) is 18.0 Å². The number of likely N-dealkylation sites (tertiary alicyclic amines) is 1. The second-order valence-corrected chi connectivity index (χ2v) is 9.81. The Kier molecular flexibility index (Phi) is 6.95. The molecule has 0 atom stereocenters. The maximum Gasteiger partial charge on any atom is 0.236 e. The van der Waals surface area contributed by atoms with Crippen LogP contribution in [0.1, 0.15) is 19.3 Å². The van der Waals surface area contributed by atoms with Crippen LogP contribution in [0.25, 0.3) is 0 Å². The van der Waals surface area contributed by atoms with Crippen molar-refractivity contribution in [3.8, 4) is 0 Å². The number of rotatable bonds is 6. The molecule has 0 aromatic heterocycles. The van der Waals surface area contributed by atoms with Gasteiger partial charge >= 0.3 is 0 Å². The molecule has 9 heteroatoms. The molecule has 2 amide bonds. The van der Waals surface area contributed by atoms with Gasteiger partial charge in [0, 0.05) is 50.7 Å². The molecule has 0 spiro atoms. The predicted octanol–water partition coefficient (Wildman–Crippen LogP) is 1.27. The van der Waals surface area contributed by atoms with E-state index in [1.807, 2.05) is 4.90 Å². The minimum Gasteiger partial charge on any atom is -0.342 e. The molecule has 2 aliphatic heterocycles. The van der Waals surface area contributed by atoms with E-state index in [0.29, 0.717) is 37.7 Å². The summed E-state index contributed by atoms with van der Waals surface area (Å²) in [6, 6.07) is 5.97. The number of piperazine rings is 1. The van der Waals surface area contributed by atoms with Gasteiger partial charge in [-0.3, -0.25) is 14.5 Å². The van der Waals surface area contributed by atoms with Crippen LogP contribution in [-0.4, -0.2) is 86.5 Å². The highest BCUT2D eigenvalue weighted by Crippen LogP contribution is 2.17. The summed E-state index contributed by atoms with van der Waals surface area (Å²) in [4.78, 5) is 30.5. The Bertz CT molecular complexity index is 799. The molecular formula is C19H26ClN3O4S. The molecule has 3 rings (SSSR count). The fourth-order valence-corrected chi connectivity index (χ4v) is 4.91. The third-order valence-electron chi connectivity index (χ3n) is 5.30.